The smallest absolute Gasteiger partial charge is 0.355 e. The first kappa shape index (κ1) is 17.8. The van der Waals surface area contributed by atoms with Crippen molar-refractivity contribution in [2.75, 3.05) is 18.1 Å². The second-order valence-electron chi connectivity index (χ2n) is 6.25. The van der Waals surface area contributed by atoms with Gasteiger partial charge in [-0.15, -0.1) is 0 Å². The Labute approximate surface area is 152 Å². The van der Waals surface area contributed by atoms with Gasteiger partial charge in [-0.05, 0) is 36.1 Å². The minimum atomic E-state index is -0.368. The van der Waals surface area contributed by atoms with Gasteiger partial charge < -0.3 is 9.72 Å². The van der Waals surface area contributed by atoms with Crippen molar-refractivity contribution in [3.8, 4) is 0 Å². The number of benzene rings is 1. The van der Waals surface area contributed by atoms with Crippen LogP contribution in [0, 0.1) is 6.92 Å². The number of carbonyl (C=O) groups is 2. The van der Waals surface area contributed by atoms with Crippen LogP contribution in [0.2, 0.25) is 0 Å². The number of nitrogens with one attached hydrogen (secondary N) is 1. The monoisotopic (exact) mass is 357 g/mol. The zero-order valence-corrected chi connectivity index (χ0v) is 15.4. The Morgan fingerprint density at radius 1 is 1.28 bits per heavy atom. The van der Waals surface area contributed by atoms with Gasteiger partial charge in [0.25, 0.3) is 0 Å². The fraction of sp³-hybridized carbons (Fsp3) is 0.400. The largest absolute Gasteiger partial charge is 0.460 e. The third-order valence-electron chi connectivity index (χ3n) is 4.63. The minimum Gasteiger partial charge on any atom is -0.460 e. The molecular formula is C20H23NO3S. The van der Waals surface area contributed by atoms with Crippen LogP contribution in [0.4, 0.5) is 0 Å². The zero-order chi connectivity index (χ0) is 17.8. The molecule has 0 bridgehead atoms. The minimum absolute atomic E-state index is 0.101. The molecule has 132 valence electrons. The fourth-order valence-corrected chi connectivity index (χ4v) is 3.90. The molecule has 1 aromatic carbocycles. The number of thioether (sulfide) groups is 1. The molecule has 25 heavy (non-hydrogen) atoms. The van der Waals surface area contributed by atoms with Crippen molar-refractivity contribution in [1.82, 2.24) is 4.98 Å². The van der Waals surface area contributed by atoms with E-state index >= 15 is 0 Å². The van der Waals surface area contributed by atoms with Gasteiger partial charge in [-0.2, -0.15) is 11.8 Å². The topological polar surface area (TPSA) is 59.2 Å². The SMILES string of the molecule is CCSCCOC(=O)c1[nH]c2c(c1C)C(=O)CC(c1ccccc1)C2. The number of Topliss-reactive ketones (excluding diaryl/α,β-unsaturated/α-hetero) is 1. The molecule has 1 heterocycles. The summed E-state index contributed by atoms with van der Waals surface area (Å²) in [7, 11) is 0. The lowest BCUT2D eigenvalue weighted by molar-refractivity contribution is 0.0523. The Morgan fingerprint density at radius 3 is 2.76 bits per heavy atom. The molecule has 1 aliphatic rings. The van der Waals surface area contributed by atoms with Gasteiger partial charge in [-0.1, -0.05) is 37.3 Å². The number of hydrogen-bond acceptors (Lipinski definition) is 4. The van der Waals surface area contributed by atoms with Crippen LogP contribution in [0.3, 0.4) is 0 Å². The highest BCUT2D eigenvalue weighted by molar-refractivity contribution is 7.99. The van der Waals surface area contributed by atoms with Gasteiger partial charge in [0.15, 0.2) is 5.78 Å². The number of esters is 1. The molecule has 1 N–H and O–H groups in total. The van der Waals surface area contributed by atoms with Crippen molar-refractivity contribution in [3.05, 3.63) is 58.4 Å². The van der Waals surface area contributed by atoms with E-state index in [1.807, 2.05) is 25.1 Å². The molecule has 0 spiro atoms. The van der Waals surface area contributed by atoms with E-state index in [1.54, 1.807) is 11.8 Å². The van der Waals surface area contributed by atoms with Gasteiger partial charge in [0.2, 0.25) is 0 Å². The molecule has 1 atom stereocenters. The average Bonchev–Trinajstić information content (AvgIpc) is 2.96. The molecular weight excluding hydrogens is 334 g/mol. The van der Waals surface area contributed by atoms with E-state index in [0.29, 0.717) is 24.3 Å². The van der Waals surface area contributed by atoms with E-state index < -0.39 is 0 Å². The summed E-state index contributed by atoms with van der Waals surface area (Å²) >= 11 is 1.73. The maximum absolute atomic E-state index is 12.6. The number of hydrogen-bond donors (Lipinski definition) is 1. The summed E-state index contributed by atoms with van der Waals surface area (Å²) in [5.41, 5.74) is 3.85. The van der Waals surface area contributed by atoms with Gasteiger partial charge in [0.1, 0.15) is 12.3 Å². The molecule has 3 rings (SSSR count). The van der Waals surface area contributed by atoms with Crippen molar-refractivity contribution >= 4 is 23.5 Å². The summed E-state index contributed by atoms with van der Waals surface area (Å²) < 4.78 is 5.33. The van der Waals surface area contributed by atoms with Gasteiger partial charge in [0, 0.05) is 23.4 Å². The zero-order valence-electron chi connectivity index (χ0n) is 14.6. The van der Waals surface area contributed by atoms with Crippen LogP contribution in [-0.4, -0.2) is 34.8 Å². The van der Waals surface area contributed by atoms with Gasteiger partial charge >= 0.3 is 5.97 Å². The van der Waals surface area contributed by atoms with Crippen LogP contribution >= 0.6 is 11.8 Å². The first-order valence-electron chi connectivity index (χ1n) is 8.66. The lowest BCUT2D eigenvalue weighted by atomic mass is 9.81. The predicted molar refractivity (Wildman–Crippen MR) is 101 cm³/mol. The number of aromatic nitrogens is 1. The van der Waals surface area contributed by atoms with E-state index in [2.05, 4.69) is 24.0 Å². The van der Waals surface area contributed by atoms with Gasteiger partial charge in [-0.3, -0.25) is 4.79 Å². The summed E-state index contributed by atoms with van der Waals surface area (Å²) in [6, 6.07) is 10.1. The molecule has 1 unspecified atom stereocenters. The van der Waals surface area contributed by atoms with E-state index in [9.17, 15) is 9.59 Å². The van der Waals surface area contributed by atoms with Crippen molar-refractivity contribution in [3.63, 3.8) is 0 Å². The highest BCUT2D eigenvalue weighted by Crippen LogP contribution is 2.35. The van der Waals surface area contributed by atoms with Crippen LogP contribution in [0.15, 0.2) is 30.3 Å². The first-order chi connectivity index (χ1) is 12.1. The maximum atomic E-state index is 12.6. The standard InChI is InChI=1S/C20H23NO3S/c1-3-25-10-9-24-20(23)19-13(2)18-16(21-19)11-15(12-17(18)22)14-7-5-4-6-8-14/h4-8,15,21H,3,9-12H2,1-2H3. The molecule has 1 aliphatic carbocycles. The summed E-state index contributed by atoms with van der Waals surface area (Å²) in [6.07, 6.45) is 1.22. The van der Waals surface area contributed by atoms with Crippen LogP contribution < -0.4 is 0 Å². The van der Waals surface area contributed by atoms with Crippen molar-refractivity contribution in [2.24, 2.45) is 0 Å². The molecule has 0 saturated heterocycles. The molecule has 0 fully saturated rings. The Bertz CT molecular complexity index is 767. The third kappa shape index (κ3) is 3.82. The van der Waals surface area contributed by atoms with E-state index in [-0.39, 0.29) is 17.7 Å². The molecule has 5 heteroatoms. The van der Waals surface area contributed by atoms with Crippen molar-refractivity contribution < 1.29 is 14.3 Å². The third-order valence-corrected chi connectivity index (χ3v) is 5.49. The highest BCUT2D eigenvalue weighted by Gasteiger charge is 2.32. The second kappa shape index (κ2) is 7.91. The molecule has 1 aromatic heterocycles. The molecule has 4 nitrogen and oxygen atoms in total. The lowest BCUT2D eigenvalue weighted by Gasteiger charge is -2.22. The summed E-state index contributed by atoms with van der Waals surface area (Å²) in [6.45, 7) is 4.29. The summed E-state index contributed by atoms with van der Waals surface area (Å²) in [5, 5.41) is 0. The number of ketones is 1. The van der Waals surface area contributed by atoms with Gasteiger partial charge in [0.05, 0.1) is 0 Å². The van der Waals surface area contributed by atoms with Crippen LogP contribution in [0.5, 0.6) is 0 Å². The van der Waals surface area contributed by atoms with Crippen molar-refractivity contribution in [2.45, 2.75) is 32.6 Å². The quantitative estimate of drug-likeness (QED) is 0.623. The van der Waals surface area contributed by atoms with Gasteiger partial charge in [-0.25, -0.2) is 4.79 Å². The molecule has 0 saturated carbocycles. The normalized spacial score (nSPS) is 16.6. The van der Waals surface area contributed by atoms with Crippen LogP contribution in [-0.2, 0) is 11.2 Å². The van der Waals surface area contributed by atoms with Crippen molar-refractivity contribution in [1.29, 1.82) is 0 Å². The number of fused-ring (bicyclic) bond motifs is 1. The summed E-state index contributed by atoms with van der Waals surface area (Å²) in [4.78, 5) is 28.2. The second-order valence-corrected chi connectivity index (χ2v) is 7.64. The molecule has 0 radical (unpaired) electrons. The number of rotatable bonds is 6. The predicted octanol–water partition coefficient (Wildman–Crippen LogP) is 4.15. The first-order valence-corrected chi connectivity index (χ1v) is 9.81. The Balaban J connectivity index is 1.78. The number of ether oxygens (including phenoxy) is 1. The Kier molecular flexibility index (Phi) is 5.63. The Morgan fingerprint density at radius 2 is 2.04 bits per heavy atom. The van der Waals surface area contributed by atoms with E-state index in [1.165, 1.54) is 0 Å². The van der Waals surface area contributed by atoms with E-state index in [0.717, 1.165) is 34.7 Å². The molecule has 2 aromatic rings. The Hall–Kier alpha value is -2.01. The van der Waals surface area contributed by atoms with Crippen LogP contribution in [0.25, 0.3) is 0 Å². The fourth-order valence-electron chi connectivity index (χ4n) is 3.41. The maximum Gasteiger partial charge on any atom is 0.355 e. The lowest BCUT2D eigenvalue weighted by Crippen LogP contribution is -2.18. The number of aromatic amines is 1. The molecule has 0 amide bonds. The number of carbonyl (C=O) groups excluding carboxylic acids is 2. The number of H-pyrrole nitrogens is 1. The molecule has 0 aliphatic heterocycles. The van der Waals surface area contributed by atoms with Crippen LogP contribution in [0.1, 0.15) is 56.9 Å². The van der Waals surface area contributed by atoms with E-state index in [4.69, 9.17) is 4.74 Å². The highest BCUT2D eigenvalue weighted by atomic mass is 32.2. The average molecular weight is 357 g/mol. The summed E-state index contributed by atoms with van der Waals surface area (Å²) in [5.74, 6) is 1.68.